The van der Waals surface area contributed by atoms with E-state index in [1.807, 2.05) is 6.92 Å². The molecule has 146 valence electrons. The van der Waals surface area contributed by atoms with E-state index >= 15 is 0 Å². The Hall–Kier alpha value is -3.52. The number of rotatable bonds is 6. The van der Waals surface area contributed by atoms with Crippen molar-refractivity contribution in [3.05, 3.63) is 78.0 Å². The van der Waals surface area contributed by atoms with Crippen LogP contribution in [0.15, 0.2) is 70.4 Å². The van der Waals surface area contributed by atoms with Gasteiger partial charge in [0.2, 0.25) is 5.13 Å². The van der Waals surface area contributed by atoms with Crippen molar-refractivity contribution in [1.82, 2.24) is 4.98 Å². The van der Waals surface area contributed by atoms with Crippen LogP contribution in [0.4, 0.5) is 9.52 Å². The molecule has 0 atom stereocenters. The first-order valence-corrected chi connectivity index (χ1v) is 9.66. The summed E-state index contributed by atoms with van der Waals surface area (Å²) in [5, 5.41) is 5.78. The van der Waals surface area contributed by atoms with Crippen molar-refractivity contribution in [2.45, 2.75) is 6.92 Å². The van der Waals surface area contributed by atoms with Crippen molar-refractivity contribution in [2.75, 3.05) is 11.6 Å². The molecule has 0 spiro atoms. The van der Waals surface area contributed by atoms with Gasteiger partial charge in [-0.3, -0.25) is 4.79 Å². The van der Waals surface area contributed by atoms with E-state index in [-0.39, 0.29) is 11.7 Å². The first-order valence-electron chi connectivity index (χ1n) is 8.85. The van der Waals surface area contributed by atoms with Crippen LogP contribution in [0.1, 0.15) is 23.0 Å². The highest BCUT2D eigenvalue weighted by Gasteiger charge is 2.21. The molecule has 2 heterocycles. The summed E-state index contributed by atoms with van der Waals surface area (Å²) >= 11 is 1.18. The standard InChI is InChI=1S/C21H16FN3O3S/c1-2-27-16-8-5-14(6-9-16)20(26)25(23-13-17-4-3-11-28-17)21-24-18-10-7-15(22)12-19(18)29-21/h3-13H,2H2,1H3/b23-13-. The number of fused-ring (bicyclic) bond motifs is 1. The van der Waals surface area contributed by atoms with Gasteiger partial charge >= 0.3 is 0 Å². The maximum atomic E-state index is 13.5. The van der Waals surface area contributed by atoms with Gasteiger partial charge in [0.25, 0.3) is 5.91 Å². The van der Waals surface area contributed by atoms with E-state index in [9.17, 15) is 9.18 Å². The Labute approximate surface area is 169 Å². The minimum Gasteiger partial charge on any atom is -0.494 e. The highest BCUT2D eigenvalue weighted by molar-refractivity contribution is 7.22. The van der Waals surface area contributed by atoms with Crippen LogP contribution in [-0.2, 0) is 0 Å². The minimum absolute atomic E-state index is 0.326. The molecule has 4 rings (SSSR count). The fourth-order valence-corrected chi connectivity index (χ4v) is 3.57. The number of thiazole rings is 1. The van der Waals surface area contributed by atoms with E-state index in [0.29, 0.717) is 39.0 Å². The molecule has 4 aromatic rings. The molecule has 0 N–H and O–H groups in total. The third-order valence-corrected chi connectivity index (χ3v) is 4.96. The van der Waals surface area contributed by atoms with Crippen molar-refractivity contribution in [2.24, 2.45) is 5.10 Å². The Morgan fingerprint density at radius 2 is 2.10 bits per heavy atom. The number of halogens is 1. The van der Waals surface area contributed by atoms with Crippen LogP contribution in [0.2, 0.25) is 0 Å². The number of aromatic nitrogens is 1. The molecular weight excluding hydrogens is 393 g/mol. The highest BCUT2D eigenvalue weighted by atomic mass is 32.1. The van der Waals surface area contributed by atoms with Crippen molar-refractivity contribution in [3.8, 4) is 5.75 Å². The molecule has 2 aromatic carbocycles. The Kier molecular flexibility index (Phi) is 5.35. The van der Waals surface area contributed by atoms with Crippen LogP contribution >= 0.6 is 11.3 Å². The highest BCUT2D eigenvalue weighted by Crippen LogP contribution is 2.30. The molecule has 0 saturated carbocycles. The van der Waals surface area contributed by atoms with Crippen LogP contribution in [-0.4, -0.2) is 23.7 Å². The number of benzene rings is 2. The molecule has 29 heavy (non-hydrogen) atoms. The summed E-state index contributed by atoms with van der Waals surface area (Å²) in [5.41, 5.74) is 1.000. The normalized spacial score (nSPS) is 11.2. The quantitative estimate of drug-likeness (QED) is 0.328. The summed E-state index contributed by atoms with van der Waals surface area (Å²) in [6, 6.07) is 14.5. The second kappa shape index (κ2) is 8.24. The third-order valence-electron chi connectivity index (χ3n) is 3.97. The van der Waals surface area contributed by atoms with Crippen molar-refractivity contribution in [3.63, 3.8) is 0 Å². The van der Waals surface area contributed by atoms with Crippen LogP contribution in [0.25, 0.3) is 10.2 Å². The fourth-order valence-electron chi connectivity index (χ4n) is 2.63. The second-order valence-electron chi connectivity index (χ2n) is 5.94. The lowest BCUT2D eigenvalue weighted by atomic mass is 10.2. The number of hydrazone groups is 1. The largest absolute Gasteiger partial charge is 0.494 e. The number of carbonyl (C=O) groups is 1. The molecule has 0 fully saturated rings. The number of furan rings is 1. The summed E-state index contributed by atoms with van der Waals surface area (Å²) in [4.78, 5) is 17.6. The zero-order chi connectivity index (χ0) is 20.2. The molecule has 0 bridgehead atoms. The van der Waals surface area contributed by atoms with Gasteiger partial charge in [-0.15, -0.1) is 0 Å². The van der Waals surface area contributed by atoms with Gasteiger partial charge < -0.3 is 9.15 Å². The average Bonchev–Trinajstić information content (AvgIpc) is 3.38. The monoisotopic (exact) mass is 409 g/mol. The van der Waals surface area contributed by atoms with Gasteiger partial charge in [0.05, 0.1) is 29.3 Å². The maximum absolute atomic E-state index is 13.5. The summed E-state index contributed by atoms with van der Waals surface area (Å²) in [7, 11) is 0. The van der Waals surface area contributed by atoms with Gasteiger partial charge in [-0.25, -0.2) is 9.37 Å². The fraction of sp³-hybridized carbons (Fsp3) is 0.0952. The van der Waals surface area contributed by atoms with E-state index < -0.39 is 0 Å². The molecule has 8 heteroatoms. The van der Waals surface area contributed by atoms with Gasteiger partial charge in [0.15, 0.2) is 0 Å². The Balaban J connectivity index is 1.71. The first kappa shape index (κ1) is 18.8. The number of hydrogen-bond acceptors (Lipinski definition) is 6. The SMILES string of the molecule is CCOc1ccc(C(=O)N(/N=C\c2ccco2)c2nc3ccc(F)cc3s2)cc1. The van der Waals surface area contributed by atoms with Crippen LogP contribution < -0.4 is 9.75 Å². The summed E-state index contributed by atoms with van der Waals surface area (Å²) in [5.74, 6) is 0.415. The van der Waals surface area contributed by atoms with Gasteiger partial charge in [-0.1, -0.05) is 11.3 Å². The van der Waals surface area contributed by atoms with Gasteiger partial charge in [0, 0.05) is 5.56 Å². The first-order chi connectivity index (χ1) is 14.1. The predicted molar refractivity (Wildman–Crippen MR) is 110 cm³/mol. The lowest BCUT2D eigenvalue weighted by Crippen LogP contribution is -2.25. The van der Waals surface area contributed by atoms with Crippen molar-refractivity contribution in [1.29, 1.82) is 0 Å². The maximum Gasteiger partial charge on any atom is 0.280 e. The zero-order valence-electron chi connectivity index (χ0n) is 15.4. The van der Waals surface area contributed by atoms with Crippen LogP contribution in [0, 0.1) is 5.82 Å². The lowest BCUT2D eigenvalue weighted by molar-refractivity contribution is 0.0988. The van der Waals surface area contributed by atoms with E-state index in [0.717, 1.165) is 0 Å². The predicted octanol–water partition coefficient (Wildman–Crippen LogP) is 5.11. The Morgan fingerprint density at radius 1 is 1.28 bits per heavy atom. The molecule has 0 aliphatic heterocycles. The van der Waals surface area contributed by atoms with Gasteiger partial charge in [-0.2, -0.15) is 10.1 Å². The molecule has 6 nitrogen and oxygen atoms in total. The lowest BCUT2D eigenvalue weighted by Gasteiger charge is -2.14. The summed E-state index contributed by atoms with van der Waals surface area (Å²) in [6.45, 7) is 2.43. The molecule has 0 saturated heterocycles. The average molecular weight is 409 g/mol. The molecule has 2 aromatic heterocycles. The Bertz CT molecular complexity index is 1150. The van der Waals surface area contributed by atoms with Crippen molar-refractivity contribution < 1.29 is 18.3 Å². The summed E-state index contributed by atoms with van der Waals surface area (Å²) in [6.07, 6.45) is 2.94. The van der Waals surface area contributed by atoms with Gasteiger partial charge in [0.1, 0.15) is 17.3 Å². The molecule has 1 amide bonds. The molecule has 0 unspecified atom stereocenters. The minimum atomic E-state index is -0.379. The Morgan fingerprint density at radius 3 is 2.83 bits per heavy atom. The second-order valence-corrected chi connectivity index (χ2v) is 6.95. The number of carbonyl (C=O) groups excluding carboxylic acids is 1. The van der Waals surface area contributed by atoms with Crippen LogP contribution in [0.3, 0.4) is 0 Å². The third kappa shape index (κ3) is 4.17. The van der Waals surface area contributed by atoms with Crippen LogP contribution in [0.5, 0.6) is 5.75 Å². The van der Waals surface area contributed by atoms with Crippen molar-refractivity contribution >= 4 is 38.8 Å². The number of anilines is 1. The zero-order valence-corrected chi connectivity index (χ0v) is 16.2. The van der Waals surface area contributed by atoms with E-state index in [1.54, 1.807) is 42.5 Å². The number of amides is 1. The number of ether oxygens (including phenoxy) is 1. The van der Waals surface area contributed by atoms with E-state index in [1.165, 1.54) is 41.0 Å². The molecule has 0 aliphatic carbocycles. The van der Waals surface area contributed by atoms with E-state index in [4.69, 9.17) is 9.15 Å². The topological polar surface area (TPSA) is 67.9 Å². The van der Waals surface area contributed by atoms with Gasteiger partial charge in [-0.05, 0) is 61.5 Å². The number of hydrogen-bond donors (Lipinski definition) is 0. The summed E-state index contributed by atoms with van der Waals surface area (Å²) < 4.78 is 24.8. The molecular formula is C21H16FN3O3S. The number of nitrogens with zero attached hydrogens (tertiary/aromatic N) is 3. The smallest absolute Gasteiger partial charge is 0.280 e. The molecule has 0 aliphatic rings. The molecule has 0 radical (unpaired) electrons. The van der Waals surface area contributed by atoms with E-state index in [2.05, 4.69) is 10.1 Å².